The van der Waals surface area contributed by atoms with E-state index in [1.165, 1.54) is 0 Å². The minimum Gasteiger partial charge on any atom is -0.409 e. The number of carbonyl (C=O) groups excluding carboxylic acids is 1. The summed E-state index contributed by atoms with van der Waals surface area (Å²) in [6.45, 7) is 9.86. The van der Waals surface area contributed by atoms with Crippen molar-refractivity contribution in [1.29, 1.82) is 0 Å². The molecule has 1 aliphatic rings. The van der Waals surface area contributed by atoms with Crippen LogP contribution in [0.3, 0.4) is 0 Å². The van der Waals surface area contributed by atoms with Gasteiger partial charge in [-0.1, -0.05) is 39.3 Å². The highest BCUT2D eigenvalue weighted by molar-refractivity contribution is 6.06. The molecular formula is C15H29N3O2. The summed E-state index contributed by atoms with van der Waals surface area (Å²) in [5, 5.41) is 12.1. The van der Waals surface area contributed by atoms with E-state index >= 15 is 0 Å². The Morgan fingerprint density at radius 1 is 1.30 bits per heavy atom. The smallest absolute Gasteiger partial charge is 0.236 e. The molecule has 0 radical (unpaired) electrons. The van der Waals surface area contributed by atoms with E-state index in [2.05, 4.69) is 19.0 Å². The fourth-order valence-electron chi connectivity index (χ4n) is 3.03. The Labute approximate surface area is 122 Å². The Morgan fingerprint density at radius 3 is 2.15 bits per heavy atom. The van der Waals surface area contributed by atoms with Gasteiger partial charge in [0.05, 0.1) is 0 Å². The van der Waals surface area contributed by atoms with Crippen LogP contribution in [0.15, 0.2) is 5.16 Å². The van der Waals surface area contributed by atoms with Gasteiger partial charge in [0.25, 0.3) is 0 Å². The van der Waals surface area contributed by atoms with Crippen molar-refractivity contribution >= 4 is 11.7 Å². The molecule has 5 nitrogen and oxygen atoms in total. The van der Waals surface area contributed by atoms with Gasteiger partial charge in [-0.25, -0.2) is 0 Å². The van der Waals surface area contributed by atoms with E-state index in [0.717, 1.165) is 32.4 Å². The number of piperidine rings is 1. The first-order chi connectivity index (χ1) is 9.39. The zero-order chi connectivity index (χ0) is 15.4. The van der Waals surface area contributed by atoms with Crippen LogP contribution in [0, 0.1) is 10.8 Å². The lowest BCUT2D eigenvalue weighted by Crippen LogP contribution is -2.53. The first-order valence-electron chi connectivity index (χ1n) is 7.66. The molecule has 1 heterocycles. The van der Waals surface area contributed by atoms with E-state index < -0.39 is 5.41 Å². The van der Waals surface area contributed by atoms with E-state index in [-0.39, 0.29) is 11.7 Å². The maximum Gasteiger partial charge on any atom is 0.236 e. The second kappa shape index (κ2) is 6.46. The van der Waals surface area contributed by atoms with Crippen LogP contribution in [0.4, 0.5) is 0 Å². The number of carbonyl (C=O) groups is 1. The van der Waals surface area contributed by atoms with E-state index in [9.17, 15) is 4.79 Å². The van der Waals surface area contributed by atoms with Gasteiger partial charge in [-0.2, -0.15) is 0 Å². The number of hydrogen-bond donors (Lipinski definition) is 2. The summed E-state index contributed by atoms with van der Waals surface area (Å²) in [7, 11) is 0. The predicted molar refractivity (Wildman–Crippen MR) is 80.6 cm³/mol. The fourth-order valence-corrected chi connectivity index (χ4v) is 3.03. The minimum atomic E-state index is -0.852. The van der Waals surface area contributed by atoms with Gasteiger partial charge >= 0.3 is 0 Å². The number of amides is 1. The average molecular weight is 283 g/mol. The first-order valence-corrected chi connectivity index (χ1v) is 7.66. The Morgan fingerprint density at radius 2 is 1.80 bits per heavy atom. The highest BCUT2D eigenvalue weighted by Gasteiger charge is 2.44. The van der Waals surface area contributed by atoms with Crippen molar-refractivity contribution in [2.75, 3.05) is 13.1 Å². The van der Waals surface area contributed by atoms with Gasteiger partial charge in [-0.3, -0.25) is 4.79 Å². The summed E-state index contributed by atoms with van der Waals surface area (Å²) >= 11 is 0. The highest BCUT2D eigenvalue weighted by atomic mass is 16.4. The van der Waals surface area contributed by atoms with Crippen molar-refractivity contribution in [2.24, 2.45) is 21.7 Å². The topological polar surface area (TPSA) is 78.9 Å². The summed E-state index contributed by atoms with van der Waals surface area (Å²) in [6.07, 6.45) is 4.30. The Kier molecular flexibility index (Phi) is 5.42. The third-order valence-corrected chi connectivity index (χ3v) is 5.33. The second-order valence-electron chi connectivity index (χ2n) is 6.23. The molecule has 1 rings (SSSR count). The number of hydrogen-bond acceptors (Lipinski definition) is 3. The van der Waals surface area contributed by atoms with E-state index in [4.69, 9.17) is 10.9 Å². The standard InChI is InChI=1S/C15H29N3O2/c1-5-14(4)8-10-18(11-9-14)13(19)15(6-2,7-3)12(16)17-20/h20H,5-11H2,1-4H3,(H2,16,17). The van der Waals surface area contributed by atoms with Crippen molar-refractivity contribution in [3.8, 4) is 0 Å². The number of rotatable bonds is 5. The van der Waals surface area contributed by atoms with Gasteiger partial charge in [0.1, 0.15) is 5.41 Å². The van der Waals surface area contributed by atoms with Crippen molar-refractivity contribution in [3.05, 3.63) is 0 Å². The lowest BCUT2D eigenvalue weighted by atomic mass is 9.75. The third kappa shape index (κ3) is 2.91. The van der Waals surface area contributed by atoms with Crippen LogP contribution in [0.5, 0.6) is 0 Å². The molecule has 0 bridgehead atoms. The van der Waals surface area contributed by atoms with Crippen molar-refractivity contribution in [1.82, 2.24) is 4.90 Å². The molecule has 1 saturated heterocycles. The second-order valence-corrected chi connectivity index (χ2v) is 6.23. The van der Waals surface area contributed by atoms with Gasteiger partial charge in [0.2, 0.25) is 5.91 Å². The molecule has 5 heteroatoms. The normalized spacial score (nSPS) is 20.0. The van der Waals surface area contributed by atoms with Gasteiger partial charge < -0.3 is 15.8 Å². The molecule has 0 unspecified atom stereocenters. The molecule has 1 aliphatic heterocycles. The third-order valence-electron chi connectivity index (χ3n) is 5.33. The summed E-state index contributed by atoms with van der Waals surface area (Å²) in [6, 6.07) is 0. The van der Waals surface area contributed by atoms with Crippen LogP contribution in [0.2, 0.25) is 0 Å². The molecule has 0 aromatic rings. The maximum absolute atomic E-state index is 12.8. The molecule has 3 N–H and O–H groups in total. The predicted octanol–water partition coefficient (Wildman–Crippen LogP) is 2.58. The molecule has 0 atom stereocenters. The first kappa shape index (κ1) is 16.8. The molecule has 1 amide bonds. The van der Waals surface area contributed by atoms with Gasteiger partial charge in [0, 0.05) is 13.1 Å². The molecule has 0 aromatic heterocycles. The Hall–Kier alpha value is -1.26. The SMILES string of the molecule is CCC1(C)CCN(C(=O)C(CC)(CC)C(N)=NO)CC1. The van der Waals surface area contributed by atoms with Crippen LogP contribution in [0.1, 0.15) is 59.8 Å². The Balaban J connectivity index is 2.88. The molecule has 0 aliphatic carbocycles. The lowest BCUT2D eigenvalue weighted by molar-refractivity contribution is -0.141. The van der Waals surface area contributed by atoms with Gasteiger partial charge in [-0.15, -0.1) is 0 Å². The molecule has 1 fully saturated rings. The van der Waals surface area contributed by atoms with E-state index in [1.807, 2.05) is 18.7 Å². The van der Waals surface area contributed by atoms with Crippen molar-refractivity contribution in [3.63, 3.8) is 0 Å². The average Bonchev–Trinajstić information content (AvgIpc) is 2.49. The fraction of sp³-hybridized carbons (Fsp3) is 0.867. The summed E-state index contributed by atoms with van der Waals surface area (Å²) < 4.78 is 0. The summed E-state index contributed by atoms with van der Waals surface area (Å²) in [5.41, 5.74) is 5.30. The largest absolute Gasteiger partial charge is 0.409 e. The van der Waals surface area contributed by atoms with Crippen molar-refractivity contribution < 1.29 is 10.0 Å². The Bertz CT molecular complexity index is 367. The number of nitrogens with two attached hydrogens (primary N) is 1. The minimum absolute atomic E-state index is 0.0101. The van der Waals surface area contributed by atoms with Crippen LogP contribution in [-0.4, -0.2) is 34.9 Å². The zero-order valence-electron chi connectivity index (χ0n) is 13.3. The molecule has 0 aromatic carbocycles. The van der Waals surface area contributed by atoms with E-state index in [0.29, 0.717) is 18.3 Å². The molecule has 116 valence electrons. The summed E-state index contributed by atoms with van der Waals surface area (Å²) in [4.78, 5) is 14.7. The number of amidine groups is 1. The molecule has 20 heavy (non-hydrogen) atoms. The van der Waals surface area contributed by atoms with Crippen LogP contribution >= 0.6 is 0 Å². The van der Waals surface area contributed by atoms with Crippen molar-refractivity contribution in [2.45, 2.75) is 59.8 Å². The number of likely N-dealkylation sites (tertiary alicyclic amines) is 1. The molecule has 0 spiro atoms. The maximum atomic E-state index is 12.8. The monoisotopic (exact) mass is 283 g/mol. The van der Waals surface area contributed by atoms with Crippen LogP contribution in [-0.2, 0) is 4.79 Å². The van der Waals surface area contributed by atoms with Gasteiger partial charge in [0.15, 0.2) is 5.84 Å². The molecule has 0 saturated carbocycles. The zero-order valence-corrected chi connectivity index (χ0v) is 13.3. The van der Waals surface area contributed by atoms with Crippen LogP contribution in [0.25, 0.3) is 0 Å². The highest BCUT2D eigenvalue weighted by Crippen LogP contribution is 2.37. The quantitative estimate of drug-likeness (QED) is 0.352. The summed E-state index contributed by atoms with van der Waals surface area (Å²) in [5.74, 6) is 0.0484. The van der Waals surface area contributed by atoms with Crippen LogP contribution < -0.4 is 5.73 Å². The lowest BCUT2D eigenvalue weighted by Gasteiger charge is -2.42. The number of nitrogens with zero attached hydrogens (tertiary/aromatic N) is 2. The van der Waals surface area contributed by atoms with Gasteiger partial charge in [-0.05, 0) is 31.1 Å². The van der Waals surface area contributed by atoms with E-state index in [1.54, 1.807) is 0 Å². The molecular weight excluding hydrogens is 254 g/mol. The number of oxime groups is 1.